The molecule has 1 aliphatic rings. The summed E-state index contributed by atoms with van der Waals surface area (Å²) in [6.07, 6.45) is -3.55. The summed E-state index contributed by atoms with van der Waals surface area (Å²) >= 11 is 6.23. The Labute approximate surface area is 207 Å². The molecule has 2 aromatic heterocycles. The Morgan fingerprint density at radius 1 is 1.26 bits per heavy atom. The van der Waals surface area contributed by atoms with Crippen molar-refractivity contribution in [1.29, 1.82) is 0 Å². The number of benzene rings is 1. The highest BCUT2D eigenvalue weighted by atomic mass is 35.5. The number of hydrogen-bond acceptors (Lipinski definition) is 4. The molecule has 0 aliphatic carbocycles. The van der Waals surface area contributed by atoms with E-state index in [0.29, 0.717) is 16.4 Å². The van der Waals surface area contributed by atoms with E-state index in [9.17, 15) is 17.7 Å². The van der Waals surface area contributed by atoms with E-state index >= 15 is 4.39 Å². The van der Waals surface area contributed by atoms with Crippen LogP contribution in [0.3, 0.4) is 0 Å². The number of nitrogens with zero attached hydrogens (tertiary/aromatic N) is 3. The molecule has 4 rings (SSSR count). The molecule has 0 fully saturated rings. The summed E-state index contributed by atoms with van der Waals surface area (Å²) in [4.78, 5) is 0.876. The summed E-state index contributed by atoms with van der Waals surface area (Å²) in [7, 11) is 0. The van der Waals surface area contributed by atoms with Crippen LogP contribution in [0.5, 0.6) is 0 Å². The third kappa shape index (κ3) is 4.28. The van der Waals surface area contributed by atoms with Crippen molar-refractivity contribution >= 4 is 34.3 Å². The molecule has 0 radical (unpaired) electrons. The molecule has 0 saturated carbocycles. The normalized spacial score (nSPS) is 17.9. The van der Waals surface area contributed by atoms with Gasteiger partial charge in [-0.3, -0.25) is 4.68 Å². The average Bonchev–Trinajstić information content (AvgIpc) is 3.39. The topological polar surface area (TPSA) is 44.1 Å². The van der Waals surface area contributed by atoms with E-state index in [4.69, 9.17) is 11.6 Å². The number of alkyl halides is 3. The summed E-state index contributed by atoms with van der Waals surface area (Å²) in [6.45, 7) is 9.46. The van der Waals surface area contributed by atoms with E-state index < -0.39 is 39.8 Å². The maximum atomic E-state index is 15.4. The van der Waals surface area contributed by atoms with Crippen LogP contribution in [0.1, 0.15) is 61.0 Å². The zero-order valence-electron chi connectivity index (χ0n) is 19.3. The molecule has 184 valence electrons. The molecule has 0 bridgehead atoms. The largest absolute Gasteiger partial charge is 0.597 e. The number of aromatic nitrogens is 2. The van der Waals surface area contributed by atoms with Gasteiger partial charge >= 0.3 is 6.18 Å². The molecule has 2 atom stereocenters. The number of hydrogen-bond donors (Lipinski definition) is 0. The van der Waals surface area contributed by atoms with E-state index in [2.05, 4.69) is 5.10 Å². The van der Waals surface area contributed by atoms with Crippen LogP contribution in [0, 0.1) is 12.7 Å². The van der Waals surface area contributed by atoms with E-state index in [-0.39, 0.29) is 17.7 Å². The van der Waals surface area contributed by atoms with Crippen molar-refractivity contribution in [1.82, 2.24) is 14.1 Å². The van der Waals surface area contributed by atoms with Gasteiger partial charge in [0.15, 0.2) is 5.69 Å². The fraction of sp³-hybridized carbons (Fsp3) is 0.435. The van der Waals surface area contributed by atoms with Crippen LogP contribution in [0.15, 0.2) is 24.4 Å². The van der Waals surface area contributed by atoms with Crippen LogP contribution in [-0.4, -0.2) is 23.4 Å². The molecule has 3 aromatic rings. The highest BCUT2D eigenvalue weighted by molar-refractivity contribution is 7.90. The van der Waals surface area contributed by atoms with Gasteiger partial charge in [0.25, 0.3) is 0 Å². The molecule has 4 nitrogen and oxygen atoms in total. The summed E-state index contributed by atoms with van der Waals surface area (Å²) in [5, 5.41) is 3.68. The molecule has 0 saturated heterocycles. The number of thiophene rings is 1. The van der Waals surface area contributed by atoms with Crippen LogP contribution in [0.25, 0.3) is 11.1 Å². The van der Waals surface area contributed by atoms with Gasteiger partial charge in [-0.05, 0) is 57.4 Å². The lowest BCUT2D eigenvalue weighted by molar-refractivity contribution is -0.141. The Hall–Kier alpha value is -1.59. The fourth-order valence-electron chi connectivity index (χ4n) is 4.25. The van der Waals surface area contributed by atoms with Crippen molar-refractivity contribution in [2.45, 2.75) is 64.7 Å². The lowest BCUT2D eigenvalue weighted by Crippen LogP contribution is -2.42. The summed E-state index contributed by atoms with van der Waals surface area (Å²) in [6, 6.07) is 3.47. The lowest BCUT2D eigenvalue weighted by atomic mass is 9.91. The Balaban J connectivity index is 2.00. The van der Waals surface area contributed by atoms with Gasteiger partial charge in [0.2, 0.25) is 0 Å². The smallest absolute Gasteiger partial charge is 0.435 e. The second-order valence-corrected chi connectivity index (χ2v) is 13.0. The van der Waals surface area contributed by atoms with Crippen LogP contribution in [-0.2, 0) is 30.6 Å². The van der Waals surface area contributed by atoms with Crippen molar-refractivity contribution in [2.75, 3.05) is 0 Å². The molecule has 0 spiro atoms. The first-order valence-corrected chi connectivity index (χ1v) is 13.0. The highest BCUT2D eigenvalue weighted by Crippen LogP contribution is 2.52. The van der Waals surface area contributed by atoms with Gasteiger partial charge in [-0.25, -0.2) is 4.39 Å². The van der Waals surface area contributed by atoms with Gasteiger partial charge in [0.05, 0.1) is 10.9 Å². The molecular formula is C23H24ClF4N3OS2. The quantitative estimate of drug-likeness (QED) is 0.265. The van der Waals surface area contributed by atoms with Crippen LogP contribution < -0.4 is 0 Å². The molecule has 1 unspecified atom stereocenters. The predicted molar refractivity (Wildman–Crippen MR) is 128 cm³/mol. The zero-order valence-corrected chi connectivity index (χ0v) is 21.6. The second-order valence-electron chi connectivity index (χ2n) is 9.13. The first kappa shape index (κ1) is 25.5. The maximum absolute atomic E-state index is 15.4. The van der Waals surface area contributed by atoms with Crippen LogP contribution in [0.2, 0.25) is 4.34 Å². The number of rotatable bonds is 4. The Bertz CT molecular complexity index is 1230. The van der Waals surface area contributed by atoms with Crippen LogP contribution in [0.4, 0.5) is 17.6 Å². The van der Waals surface area contributed by atoms with Crippen molar-refractivity contribution < 1.29 is 22.1 Å². The SMILES string of the molecule is CCn1cc(-c2c(F)cccc2C2c3c(sc(Cl)c3C)CN2[S@+]([O-])C(C)(C)C)c(C(F)(F)F)n1. The van der Waals surface area contributed by atoms with Gasteiger partial charge in [-0.2, -0.15) is 18.3 Å². The molecule has 3 heterocycles. The Morgan fingerprint density at radius 2 is 1.94 bits per heavy atom. The minimum absolute atomic E-state index is 0.190. The van der Waals surface area contributed by atoms with Gasteiger partial charge in [0, 0.05) is 40.1 Å². The zero-order chi connectivity index (χ0) is 25.2. The maximum Gasteiger partial charge on any atom is 0.435 e. The van der Waals surface area contributed by atoms with Crippen molar-refractivity contribution in [3.63, 3.8) is 0 Å². The summed E-state index contributed by atoms with van der Waals surface area (Å²) < 4.78 is 73.5. The first-order chi connectivity index (χ1) is 15.8. The van der Waals surface area contributed by atoms with E-state index in [1.54, 1.807) is 17.3 Å². The minimum Gasteiger partial charge on any atom is -0.597 e. The summed E-state index contributed by atoms with van der Waals surface area (Å²) in [5.74, 6) is -0.799. The number of fused-ring (bicyclic) bond motifs is 1. The molecule has 0 amide bonds. The molecule has 34 heavy (non-hydrogen) atoms. The third-order valence-corrected chi connectivity index (χ3v) is 9.18. The Kier molecular flexibility index (Phi) is 6.61. The fourth-order valence-corrected chi connectivity index (χ4v) is 7.13. The third-order valence-electron chi connectivity index (χ3n) is 5.77. The standard InChI is InChI=1S/C23H24ClF4N3OS2/c1-6-30-10-14(20(29-30)23(26,27)28)18-13(8-7-9-15(18)25)19-17-12(2)21(24)33-16(17)11-31(19)34(32)22(3,4)5/h7-10,19H,6,11H2,1-5H3/t19?,34-/m1/s1. The molecule has 1 aromatic carbocycles. The van der Waals surface area contributed by atoms with Gasteiger partial charge < -0.3 is 4.55 Å². The molecule has 0 N–H and O–H groups in total. The van der Waals surface area contributed by atoms with Crippen LogP contribution >= 0.6 is 22.9 Å². The van der Waals surface area contributed by atoms with Crippen molar-refractivity contribution in [3.8, 4) is 11.1 Å². The average molecular weight is 534 g/mol. The lowest BCUT2D eigenvalue weighted by Gasteiger charge is -2.34. The van der Waals surface area contributed by atoms with Crippen molar-refractivity contribution in [2.24, 2.45) is 0 Å². The molecule has 11 heteroatoms. The van der Waals surface area contributed by atoms with E-state index in [1.165, 1.54) is 23.6 Å². The van der Waals surface area contributed by atoms with Gasteiger partial charge in [-0.1, -0.05) is 23.7 Å². The Morgan fingerprint density at radius 3 is 2.53 bits per heavy atom. The van der Waals surface area contributed by atoms with E-state index in [1.807, 2.05) is 27.7 Å². The molecule has 1 aliphatic heterocycles. The van der Waals surface area contributed by atoms with Gasteiger partial charge in [0.1, 0.15) is 16.6 Å². The highest BCUT2D eigenvalue weighted by Gasteiger charge is 2.48. The first-order valence-electron chi connectivity index (χ1n) is 10.6. The molecular weight excluding hydrogens is 510 g/mol. The number of aryl methyl sites for hydroxylation is 1. The van der Waals surface area contributed by atoms with E-state index in [0.717, 1.165) is 26.8 Å². The van der Waals surface area contributed by atoms with Crippen molar-refractivity contribution in [3.05, 3.63) is 61.8 Å². The second kappa shape index (κ2) is 8.81. The van der Waals surface area contributed by atoms with Gasteiger partial charge in [-0.15, -0.1) is 15.6 Å². The monoisotopic (exact) mass is 533 g/mol. The predicted octanol–water partition coefficient (Wildman–Crippen LogP) is 7.12. The summed E-state index contributed by atoms with van der Waals surface area (Å²) in [5.41, 5.74) is 0.158. The minimum atomic E-state index is -4.77. The number of halogens is 5.